The van der Waals surface area contributed by atoms with E-state index in [0.29, 0.717) is 22.8 Å². The van der Waals surface area contributed by atoms with Crippen molar-refractivity contribution in [2.45, 2.75) is 13.8 Å². The lowest BCUT2D eigenvalue weighted by molar-refractivity contribution is 0.404. The second-order valence-corrected chi connectivity index (χ2v) is 3.92. The van der Waals surface area contributed by atoms with Crippen molar-refractivity contribution in [3.8, 4) is 11.6 Å². The number of hydrogen-bond donors (Lipinski definition) is 1. The zero-order valence-electron chi connectivity index (χ0n) is 9.99. The van der Waals surface area contributed by atoms with Crippen LogP contribution in [0.4, 0.5) is 10.1 Å². The lowest BCUT2D eigenvalue weighted by Crippen LogP contribution is -1.99. The van der Waals surface area contributed by atoms with Crippen molar-refractivity contribution in [3.63, 3.8) is 0 Å². The van der Waals surface area contributed by atoms with Crippen molar-refractivity contribution < 1.29 is 9.13 Å². The molecule has 90 valence electrons. The van der Waals surface area contributed by atoms with Crippen molar-refractivity contribution in [1.29, 1.82) is 0 Å². The molecule has 4 nitrogen and oxygen atoms in total. The van der Waals surface area contributed by atoms with Crippen LogP contribution in [0.3, 0.4) is 0 Å². The predicted molar refractivity (Wildman–Crippen MR) is 63.6 cm³/mol. The molecule has 1 aromatic heterocycles. The van der Waals surface area contributed by atoms with Gasteiger partial charge in [-0.25, -0.2) is 9.07 Å². The largest absolute Gasteiger partial charge is 0.434 e. The van der Waals surface area contributed by atoms with Gasteiger partial charge in [0.1, 0.15) is 5.69 Å². The Bertz CT molecular complexity index is 563. The standard InChI is InChI=1S/C12H14FN3O/c1-7-5-4-6-9(10(7)13)17-12-11(14)8(2)15-16(12)3/h4-6H,14H2,1-3H3. The maximum Gasteiger partial charge on any atom is 0.241 e. The monoisotopic (exact) mass is 235 g/mol. The molecule has 0 atom stereocenters. The van der Waals surface area contributed by atoms with Gasteiger partial charge in [-0.05, 0) is 25.5 Å². The molecule has 0 radical (unpaired) electrons. The average molecular weight is 235 g/mol. The van der Waals surface area contributed by atoms with Crippen molar-refractivity contribution in [3.05, 3.63) is 35.3 Å². The van der Waals surface area contributed by atoms with E-state index < -0.39 is 0 Å². The number of nitrogens with two attached hydrogens (primary N) is 1. The van der Waals surface area contributed by atoms with Crippen LogP contribution < -0.4 is 10.5 Å². The summed E-state index contributed by atoms with van der Waals surface area (Å²) < 4.78 is 20.7. The highest BCUT2D eigenvalue weighted by atomic mass is 19.1. The normalized spacial score (nSPS) is 10.6. The molecule has 0 fully saturated rings. The van der Waals surface area contributed by atoms with Gasteiger partial charge in [-0.2, -0.15) is 5.10 Å². The molecule has 5 heteroatoms. The minimum atomic E-state index is -0.384. The molecule has 2 N–H and O–H groups in total. The van der Waals surface area contributed by atoms with E-state index in [4.69, 9.17) is 10.5 Å². The second-order valence-electron chi connectivity index (χ2n) is 3.92. The van der Waals surface area contributed by atoms with E-state index in [9.17, 15) is 4.39 Å². The van der Waals surface area contributed by atoms with Crippen molar-refractivity contribution >= 4 is 5.69 Å². The summed E-state index contributed by atoms with van der Waals surface area (Å²) in [5, 5.41) is 4.10. The number of benzene rings is 1. The molecular weight excluding hydrogens is 221 g/mol. The van der Waals surface area contributed by atoms with Gasteiger partial charge in [0.2, 0.25) is 5.88 Å². The fraction of sp³-hybridized carbons (Fsp3) is 0.250. The number of nitrogen functional groups attached to an aromatic ring is 1. The van der Waals surface area contributed by atoms with Crippen molar-refractivity contribution in [2.24, 2.45) is 7.05 Å². The van der Waals surface area contributed by atoms with Crippen LogP contribution >= 0.6 is 0 Å². The number of rotatable bonds is 2. The third kappa shape index (κ3) is 1.95. The minimum Gasteiger partial charge on any atom is -0.434 e. The Morgan fingerprint density at radius 2 is 2.06 bits per heavy atom. The van der Waals surface area contributed by atoms with Gasteiger partial charge in [0.05, 0.1) is 5.69 Å². The number of aromatic nitrogens is 2. The molecule has 2 rings (SSSR count). The van der Waals surface area contributed by atoms with Crippen LogP contribution in [0, 0.1) is 19.7 Å². The Labute approximate surface area is 98.8 Å². The molecule has 0 spiro atoms. The molecule has 0 bridgehead atoms. The Balaban J connectivity index is 2.41. The summed E-state index contributed by atoms with van der Waals surface area (Å²) in [6.45, 7) is 3.45. The number of aryl methyl sites for hydroxylation is 3. The van der Waals surface area contributed by atoms with Gasteiger partial charge >= 0.3 is 0 Å². The van der Waals surface area contributed by atoms with Crippen molar-refractivity contribution in [2.75, 3.05) is 5.73 Å². The number of ether oxygens (including phenoxy) is 1. The Kier molecular flexibility index (Phi) is 2.75. The highest BCUT2D eigenvalue weighted by molar-refractivity contribution is 5.54. The van der Waals surface area contributed by atoms with Crippen LogP contribution in [-0.4, -0.2) is 9.78 Å². The third-order valence-electron chi connectivity index (χ3n) is 2.58. The van der Waals surface area contributed by atoms with Crippen LogP contribution in [0.1, 0.15) is 11.3 Å². The van der Waals surface area contributed by atoms with E-state index in [1.54, 1.807) is 39.1 Å². The molecular formula is C12H14FN3O. The fourth-order valence-corrected chi connectivity index (χ4v) is 1.58. The highest BCUT2D eigenvalue weighted by Gasteiger charge is 2.14. The van der Waals surface area contributed by atoms with E-state index in [1.165, 1.54) is 4.68 Å². The van der Waals surface area contributed by atoms with Gasteiger partial charge in [0, 0.05) is 7.05 Å². The van der Waals surface area contributed by atoms with Crippen LogP contribution in [0.2, 0.25) is 0 Å². The van der Waals surface area contributed by atoms with Crippen LogP contribution in [-0.2, 0) is 7.05 Å². The first-order valence-electron chi connectivity index (χ1n) is 5.22. The molecule has 0 saturated heterocycles. The van der Waals surface area contributed by atoms with E-state index in [2.05, 4.69) is 5.10 Å². The van der Waals surface area contributed by atoms with E-state index in [0.717, 1.165) is 0 Å². The van der Waals surface area contributed by atoms with E-state index >= 15 is 0 Å². The highest BCUT2D eigenvalue weighted by Crippen LogP contribution is 2.31. The first-order valence-corrected chi connectivity index (χ1v) is 5.22. The Hall–Kier alpha value is -2.04. The summed E-state index contributed by atoms with van der Waals surface area (Å²) in [5.74, 6) is 0.123. The lowest BCUT2D eigenvalue weighted by Gasteiger charge is -2.08. The molecule has 0 saturated carbocycles. The first kappa shape index (κ1) is 11.4. The van der Waals surface area contributed by atoms with E-state index in [-0.39, 0.29) is 11.6 Å². The smallest absolute Gasteiger partial charge is 0.241 e. The number of hydrogen-bond acceptors (Lipinski definition) is 3. The Morgan fingerprint density at radius 3 is 2.65 bits per heavy atom. The summed E-state index contributed by atoms with van der Waals surface area (Å²) in [4.78, 5) is 0. The van der Waals surface area contributed by atoms with Gasteiger partial charge in [0.15, 0.2) is 11.6 Å². The summed E-state index contributed by atoms with van der Waals surface area (Å²) in [5.41, 5.74) is 7.42. The molecule has 17 heavy (non-hydrogen) atoms. The molecule has 0 aliphatic heterocycles. The number of nitrogens with zero attached hydrogens (tertiary/aromatic N) is 2. The Morgan fingerprint density at radius 1 is 1.35 bits per heavy atom. The van der Waals surface area contributed by atoms with Gasteiger partial charge in [0.25, 0.3) is 0 Å². The van der Waals surface area contributed by atoms with E-state index in [1.807, 2.05) is 0 Å². The van der Waals surface area contributed by atoms with Crippen LogP contribution in [0.25, 0.3) is 0 Å². The summed E-state index contributed by atoms with van der Waals surface area (Å²) in [6.07, 6.45) is 0. The van der Waals surface area contributed by atoms with Crippen molar-refractivity contribution in [1.82, 2.24) is 9.78 Å². The molecule has 0 aliphatic rings. The fourth-order valence-electron chi connectivity index (χ4n) is 1.58. The SMILES string of the molecule is Cc1cccc(Oc2c(N)c(C)nn2C)c1F. The average Bonchev–Trinajstić information content (AvgIpc) is 2.51. The van der Waals surface area contributed by atoms with Gasteiger partial charge in [-0.15, -0.1) is 0 Å². The molecule has 1 heterocycles. The molecule has 0 unspecified atom stereocenters. The first-order chi connectivity index (χ1) is 8.00. The maximum absolute atomic E-state index is 13.8. The third-order valence-corrected chi connectivity index (χ3v) is 2.58. The predicted octanol–water partition coefficient (Wildman–Crippen LogP) is 2.55. The molecule has 0 aliphatic carbocycles. The number of anilines is 1. The zero-order chi connectivity index (χ0) is 12.6. The summed E-state index contributed by atoms with van der Waals surface area (Å²) in [7, 11) is 1.70. The van der Waals surface area contributed by atoms with Crippen LogP contribution in [0.15, 0.2) is 18.2 Å². The lowest BCUT2D eigenvalue weighted by atomic mass is 10.2. The van der Waals surface area contributed by atoms with Gasteiger partial charge in [-0.1, -0.05) is 12.1 Å². The zero-order valence-corrected chi connectivity index (χ0v) is 9.99. The summed E-state index contributed by atoms with van der Waals surface area (Å²) >= 11 is 0. The van der Waals surface area contributed by atoms with Gasteiger partial charge < -0.3 is 10.5 Å². The quantitative estimate of drug-likeness (QED) is 0.870. The van der Waals surface area contributed by atoms with Crippen LogP contribution in [0.5, 0.6) is 11.6 Å². The topological polar surface area (TPSA) is 53.1 Å². The minimum absolute atomic E-state index is 0.153. The molecule has 2 aromatic rings. The maximum atomic E-state index is 13.8. The molecule has 0 amide bonds. The number of halogens is 1. The second kappa shape index (κ2) is 4.08. The molecule has 1 aromatic carbocycles. The summed E-state index contributed by atoms with van der Waals surface area (Å²) in [6, 6.07) is 4.97. The van der Waals surface area contributed by atoms with Gasteiger partial charge in [-0.3, -0.25) is 0 Å².